The Labute approximate surface area is 110 Å². The summed E-state index contributed by atoms with van der Waals surface area (Å²) in [5, 5.41) is 10.0. The molecule has 4 heteroatoms. The second-order valence-corrected chi connectivity index (χ2v) is 4.78. The smallest absolute Gasteiger partial charge is 0.101 e. The van der Waals surface area contributed by atoms with Gasteiger partial charge in [-0.05, 0) is 24.6 Å². The van der Waals surface area contributed by atoms with Crippen LogP contribution in [0.2, 0.25) is 0 Å². The average Bonchev–Trinajstić information content (AvgIpc) is 2.38. The van der Waals surface area contributed by atoms with E-state index in [0.717, 1.165) is 41.9 Å². The summed E-state index contributed by atoms with van der Waals surface area (Å²) in [7, 11) is 0. The zero-order chi connectivity index (χ0) is 12.3. The van der Waals surface area contributed by atoms with Gasteiger partial charge in [0.2, 0.25) is 0 Å². The molecule has 1 aromatic carbocycles. The molecule has 1 atom stereocenters. The first kappa shape index (κ1) is 12.4. The van der Waals surface area contributed by atoms with Crippen molar-refractivity contribution in [3.63, 3.8) is 0 Å². The lowest BCUT2D eigenvalue weighted by molar-refractivity contribution is 0.0989. The summed E-state index contributed by atoms with van der Waals surface area (Å²) in [6.45, 7) is 4.43. The van der Waals surface area contributed by atoms with Gasteiger partial charge in [-0.2, -0.15) is 5.26 Å². The summed E-state index contributed by atoms with van der Waals surface area (Å²) in [6, 6.07) is 8.66. The van der Waals surface area contributed by atoms with Gasteiger partial charge in [0.25, 0.3) is 0 Å². The topological polar surface area (TPSA) is 36.3 Å². The lowest BCUT2D eigenvalue weighted by atomic mass is 10.1. The lowest BCUT2D eigenvalue weighted by Crippen LogP contribution is -2.44. The van der Waals surface area contributed by atoms with Crippen LogP contribution >= 0.6 is 15.9 Å². The van der Waals surface area contributed by atoms with Gasteiger partial charge in [-0.15, -0.1) is 0 Å². The predicted octanol–water partition coefficient (Wildman–Crippen LogP) is 2.68. The Bertz CT molecular complexity index is 442. The second kappa shape index (κ2) is 5.52. The molecule has 1 aromatic rings. The minimum atomic E-state index is 0.325. The van der Waals surface area contributed by atoms with E-state index in [9.17, 15) is 5.26 Å². The summed E-state index contributed by atoms with van der Waals surface area (Å²) in [6.07, 6.45) is 0. The highest BCUT2D eigenvalue weighted by atomic mass is 79.9. The number of hydrogen-bond donors (Lipinski definition) is 0. The van der Waals surface area contributed by atoms with Crippen LogP contribution in [0.3, 0.4) is 0 Å². The van der Waals surface area contributed by atoms with Crippen molar-refractivity contribution in [3.05, 3.63) is 29.3 Å². The molecule has 3 nitrogen and oxygen atoms in total. The van der Waals surface area contributed by atoms with Gasteiger partial charge in [0.05, 0.1) is 24.5 Å². The van der Waals surface area contributed by atoms with Crippen LogP contribution in [0.1, 0.15) is 18.1 Å². The third kappa shape index (κ3) is 2.62. The fraction of sp³-hybridized carbons (Fsp3) is 0.462. The van der Waals surface area contributed by atoms with Crippen molar-refractivity contribution in [3.8, 4) is 6.07 Å². The quantitative estimate of drug-likeness (QED) is 0.787. The molecule has 0 N–H and O–H groups in total. The number of alkyl halides is 1. The average molecular weight is 295 g/mol. The molecule has 1 aliphatic heterocycles. The molecular weight excluding hydrogens is 280 g/mol. The number of nitriles is 1. The Balaban J connectivity index is 2.34. The van der Waals surface area contributed by atoms with Crippen LogP contribution in [-0.4, -0.2) is 25.8 Å². The van der Waals surface area contributed by atoms with Crippen LogP contribution in [0.15, 0.2) is 18.2 Å². The highest BCUT2D eigenvalue weighted by Gasteiger charge is 2.21. The van der Waals surface area contributed by atoms with Crippen LogP contribution in [0.25, 0.3) is 0 Å². The zero-order valence-electron chi connectivity index (χ0n) is 9.82. The van der Waals surface area contributed by atoms with Crippen molar-refractivity contribution in [2.45, 2.75) is 18.3 Å². The van der Waals surface area contributed by atoms with E-state index in [1.54, 1.807) is 0 Å². The number of morpholine rings is 1. The maximum Gasteiger partial charge on any atom is 0.101 e. The van der Waals surface area contributed by atoms with Gasteiger partial charge in [-0.25, -0.2) is 0 Å². The van der Waals surface area contributed by atoms with E-state index in [-0.39, 0.29) is 0 Å². The second-order valence-electron chi connectivity index (χ2n) is 4.21. The van der Waals surface area contributed by atoms with Crippen molar-refractivity contribution in [2.75, 3.05) is 24.7 Å². The van der Waals surface area contributed by atoms with E-state index in [4.69, 9.17) is 4.74 Å². The molecule has 90 valence electrons. The Morgan fingerprint density at radius 1 is 1.59 bits per heavy atom. The highest BCUT2D eigenvalue weighted by Crippen LogP contribution is 2.25. The first-order valence-corrected chi connectivity index (χ1v) is 6.81. The fourth-order valence-corrected chi connectivity index (χ4v) is 2.44. The van der Waals surface area contributed by atoms with E-state index in [1.165, 1.54) is 0 Å². The third-order valence-corrected chi connectivity index (χ3v) is 3.66. The van der Waals surface area contributed by atoms with Crippen molar-refractivity contribution >= 4 is 21.6 Å². The van der Waals surface area contributed by atoms with Gasteiger partial charge in [-0.3, -0.25) is 0 Å². The number of rotatable bonds is 2. The van der Waals surface area contributed by atoms with Gasteiger partial charge >= 0.3 is 0 Å². The van der Waals surface area contributed by atoms with Gasteiger partial charge in [0.1, 0.15) is 6.07 Å². The first-order chi connectivity index (χ1) is 8.26. The van der Waals surface area contributed by atoms with Gasteiger partial charge in [0, 0.05) is 17.9 Å². The van der Waals surface area contributed by atoms with Crippen molar-refractivity contribution in [2.24, 2.45) is 0 Å². The molecule has 0 amide bonds. The minimum absolute atomic E-state index is 0.325. The van der Waals surface area contributed by atoms with E-state index in [1.807, 2.05) is 12.1 Å². The summed E-state index contributed by atoms with van der Waals surface area (Å²) in [4.78, 5) is 2.25. The maximum absolute atomic E-state index is 9.23. The SMILES string of the molecule is CC1COCCN1c1ccc(CBr)cc1C#N. The molecule has 0 bridgehead atoms. The molecule has 1 unspecified atom stereocenters. The summed E-state index contributed by atoms with van der Waals surface area (Å²) in [5.74, 6) is 0. The Morgan fingerprint density at radius 3 is 3.06 bits per heavy atom. The van der Waals surface area contributed by atoms with Crippen LogP contribution in [0.5, 0.6) is 0 Å². The molecule has 1 fully saturated rings. The normalized spacial score (nSPS) is 20.1. The van der Waals surface area contributed by atoms with Gasteiger partial charge < -0.3 is 9.64 Å². The predicted molar refractivity (Wildman–Crippen MR) is 71.4 cm³/mol. The van der Waals surface area contributed by atoms with Crippen LogP contribution in [-0.2, 0) is 10.1 Å². The molecule has 0 aliphatic carbocycles. The molecule has 1 saturated heterocycles. The van der Waals surface area contributed by atoms with Crippen LogP contribution in [0.4, 0.5) is 5.69 Å². The zero-order valence-corrected chi connectivity index (χ0v) is 11.4. The number of halogens is 1. The summed E-state index contributed by atoms with van der Waals surface area (Å²) < 4.78 is 5.42. The number of ether oxygens (including phenoxy) is 1. The van der Waals surface area contributed by atoms with E-state index >= 15 is 0 Å². The van der Waals surface area contributed by atoms with Crippen LogP contribution in [0, 0.1) is 11.3 Å². The monoisotopic (exact) mass is 294 g/mol. The van der Waals surface area contributed by atoms with E-state index < -0.39 is 0 Å². The molecule has 17 heavy (non-hydrogen) atoms. The highest BCUT2D eigenvalue weighted by molar-refractivity contribution is 9.08. The first-order valence-electron chi connectivity index (χ1n) is 5.69. The Kier molecular flexibility index (Phi) is 4.03. The minimum Gasteiger partial charge on any atom is -0.377 e. The summed E-state index contributed by atoms with van der Waals surface area (Å²) in [5.41, 5.74) is 2.90. The van der Waals surface area contributed by atoms with Crippen molar-refractivity contribution in [1.82, 2.24) is 0 Å². The molecule has 0 aromatic heterocycles. The molecule has 2 rings (SSSR count). The molecule has 1 heterocycles. The number of nitrogens with zero attached hydrogens (tertiary/aromatic N) is 2. The Hall–Kier alpha value is -1.05. The molecule has 0 saturated carbocycles. The maximum atomic E-state index is 9.23. The molecule has 0 radical (unpaired) electrons. The van der Waals surface area contributed by atoms with Gasteiger partial charge in [-0.1, -0.05) is 22.0 Å². The van der Waals surface area contributed by atoms with Crippen LogP contribution < -0.4 is 4.90 Å². The van der Waals surface area contributed by atoms with Crippen molar-refractivity contribution < 1.29 is 4.74 Å². The largest absolute Gasteiger partial charge is 0.377 e. The van der Waals surface area contributed by atoms with Crippen molar-refractivity contribution in [1.29, 1.82) is 5.26 Å². The third-order valence-electron chi connectivity index (χ3n) is 3.01. The number of hydrogen-bond acceptors (Lipinski definition) is 3. The fourth-order valence-electron chi connectivity index (χ4n) is 2.09. The van der Waals surface area contributed by atoms with E-state index in [2.05, 4.69) is 39.9 Å². The molecular formula is C13H15BrN2O. The van der Waals surface area contributed by atoms with Gasteiger partial charge in [0.15, 0.2) is 0 Å². The Morgan fingerprint density at radius 2 is 2.41 bits per heavy atom. The number of benzene rings is 1. The van der Waals surface area contributed by atoms with E-state index in [0.29, 0.717) is 6.04 Å². The lowest BCUT2D eigenvalue weighted by Gasteiger charge is -2.35. The molecule has 1 aliphatic rings. The molecule has 0 spiro atoms. The summed E-state index contributed by atoms with van der Waals surface area (Å²) >= 11 is 3.41. The number of anilines is 1. The standard InChI is InChI=1S/C13H15BrN2O/c1-10-9-17-5-4-16(10)13-3-2-11(7-14)6-12(13)8-15/h2-3,6,10H,4-5,7,9H2,1H3.